The number of anilines is 1. The molecule has 1 heterocycles. The summed E-state index contributed by atoms with van der Waals surface area (Å²) < 4.78 is 27.6. The predicted octanol–water partition coefficient (Wildman–Crippen LogP) is 2.41. The number of amides is 3. The first kappa shape index (κ1) is 21.8. The molecular formula is C20H20ClN3O5S. The number of hydrogen-bond acceptors (Lipinski definition) is 5. The van der Waals surface area contributed by atoms with Crippen molar-refractivity contribution in [2.75, 3.05) is 17.8 Å². The molecule has 0 atom stereocenters. The molecule has 10 heteroatoms. The van der Waals surface area contributed by atoms with Crippen molar-refractivity contribution in [3.05, 3.63) is 59.1 Å². The van der Waals surface area contributed by atoms with Crippen LogP contribution in [-0.2, 0) is 19.6 Å². The molecule has 2 aromatic carbocycles. The maximum Gasteiger partial charge on any atom is 0.261 e. The number of halogens is 1. The quantitative estimate of drug-likeness (QED) is 0.474. The Morgan fingerprint density at radius 3 is 2.30 bits per heavy atom. The Morgan fingerprint density at radius 1 is 1.00 bits per heavy atom. The summed E-state index contributed by atoms with van der Waals surface area (Å²) in [7, 11) is -3.90. The number of rotatable bonds is 8. The van der Waals surface area contributed by atoms with Crippen molar-refractivity contribution in [1.29, 1.82) is 0 Å². The molecule has 0 spiro atoms. The molecule has 3 rings (SSSR count). The Kier molecular flexibility index (Phi) is 6.73. The highest BCUT2D eigenvalue weighted by Gasteiger charge is 2.28. The van der Waals surface area contributed by atoms with E-state index in [-0.39, 0.29) is 53.9 Å². The number of sulfonamides is 1. The van der Waals surface area contributed by atoms with Gasteiger partial charge in [0.2, 0.25) is 11.8 Å². The minimum atomic E-state index is -3.90. The second-order valence-electron chi connectivity index (χ2n) is 6.65. The van der Waals surface area contributed by atoms with Crippen LogP contribution in [0.2, 0.25) is 5.02 Å². The smallest absolute Gasteiger partial charge is 0.261 e. The van der Waals surface area contributed by atoms with Crippen molar-refractivity contribution in [1.82, 2.24) is 10.2 Å². The van der Waals surface area contributed by atoms with E-state index in [4.69, 9.17) is 11.6 Å². The summed E-state index contributed by atoms with van der Waals surface area (Å²) in [5.41, 5.74) is 0.290. The van der Waals surface area contributed by atoms with Gasteiger partial charge in [-0.1, -0.05) is 23.7 Å². The summed E-state index contributed by atoms with van der Waals surface area (Å²) in [6, 6.07) is 11.9. The number of para-hydroxylation sites is 1. The molecule has 3 amide bonds. The molecule has 2 aromatic rings. The maximum absolute atomic E-state index is 12.6. The van der Waals surface area contributed by atoms with Crippen molar-refractivity contribution in [2.45, 2.75) is 24.2 Å². The zero-order chi connectivity index (χ0) is 21.7. The molecular weight excluding hydrogens is 430 g/mol. The lowest BCUT2D eigenvalue weighted by atomic mass is 10.1. The van der Waals surface area contributed by atoms with E-state index in [0.717, 1.165) is 0 Å². The number of benzene rings is 2. The van der Waals surface area contributed by atoms with Crippen molar-refractivity contribution < 1.29 is 22.8 Å². The van der Waals surface area contributed by atoms with Crippen LogP contribution in [-0.4, -0.2) is 44.1 Å². The Bertz CT molecular complexity index is 1050. The van der Waals surface area contributed by atoms with Gasteiger partial charge in [-0.3, -0.25) is 24.0 Å². The number of nitrogens with one attached hydrogen (secondary N) is 2. The third-order valence-electron chi connectivity index (χ3n) is 4.54. The highest BCUT2D eigenvalue weighted by Crippen LogP contribution is 2.21. The van der Waals surface area contributed by atoms with Gasteiger partial charge in [0.25, 0.3) is 15.9 Å². The summed E-state index contributed by atoms with van der Waals surface area (Å²) >= 11 is 5.80. The fraction of sp³-hybridized carbons (Fsp3) is 0.250. The molecule has 1 aliphatic heterocycles. The predicted molar refractivity (Wildman–Crippen MR) is 112 cm³/mol. The molecule has 158 valence electrons. The van der Waals surface area contributed by atoms with Crippen LogP contribution < -0.4 is 10.0 Å². The van der Waals surface area contributed by atoms with Gasteiger partial charge in [0.05, 0.1) is 16.1 Å². The third kappa shape index (κ3) is 5.17. The Balaban J connectivity index is 1.63. The van der Waals surface area contributed by atoms with Crippen molar-refractivity contribution in [3.8, 4) is 0 Å². The molecule has 0 saturated carbocycles. The molecule has 0 radical (unpaired) electrons. The Labute approximate surface area is 179 Å². The second-order valence-corrected chi connectivity index (χ2v) is 8.77. The first-order chi connectivity index (χ1) is 14.3. The zero-order valence-electron chi connectivity index (χ0n) is 15.9. The molecule has 1 fully saturated rings. The SMILES string of the molecule is O=C(NCCCN1C(=O)CCC1=O)c1ccccc1NS(=O)(=O)c1ccc(Cl)cc1. The molecule has 1 aliphatic rings. The second kappa shape index (κ2) is 9.27. The number of carbonyl (C=O) groups excluding carboxylic acids is 3. The van der Waals surface area contributed by atoms with Gasteiger partial charge < -0.3 is 5.32 Å². The molecule has 30 heavy (non-hydrogen) atoms. The fourth-order valence-corrected chi connectivity index (χ4v) is 4.20. The number of hydrogen-bond donors (Lipinski definition) is 2. The molecule has 1 saturated heterocycles. The summed E-state index contributed by atoms with van der Waals surface area (Å²) in [5.74, 6) is -0.870. The highest BCUT2D eigenvalue weighted by atomic mass is 35.5. The minimum absolute atomic E-state index is 0.0158. The molecule has 8 nitrogen and oxygen atoms in total. The van der Waals surface area contributed by atoms with Crippen molar-refractivity contribution in [2.24, 2.45) is 0 Å². The highest BCUT2D eigenvalue weighted by molar-refractivity contribution is 7.92. The minimum Gasteiger partial charge on any atom is -0.352 e. The molecule has 0 bridgehead atoms. The van der Waals surface area contributed by atoms with Crippen LogP contribution in [0.4, 0.5) is 5.69 Å². The van der Waals surface area contributed by atoms with Crippen LogP contribution in [0.15, 0.2) is 53.4 Å². The van der Waals surface area contributed by atoms with E-state index in [1.165, 1.54) is 41.3 Å². The van der Waals surface area contributed by atoms with E-state index >= 15 is 0 Å². The van der Waals surface area contributed by atoms with Crippen molar-refractivity contribution in [3.63, 3.8) is 0 Å². The van der Waals surface area contributed by atoms with E-state index < -0.39 is 15.9 Å². The first-order valence-corrected chi connectivity index (χ1v) is 11.1. The average Bonchev–Trinajstić information content (AvgIpc) is 3.03. The van der Waals surface area contributed by atoms with Gasteiger partial charge in [0, 0.05) is 31.0 Å². The zero-order valence-corrected chi connectivity index (χ0v) is 17.5. The van der Waals surface area contributed by atoms with Gasteiger partial charge in [-0.05, 0) is 42.8 Å². The summed E-state index contributed by atoms with van der Waals surface area (Å²) in [5, 5.41) is 3.09. The van der Waals surface area contributed by atoms with E-state index in [0.29, 0.717) is 11.4 Å². The molecule has 0 aromatic heterocycles. The van der Waals surface area contributed by atoms with E-state index in [2.05, 4.69) is 10.0 Å². The van der Waals surface area contributed by atoms with Gasteiger partial charge in [-0.15, -0.1) is 0 Å². The van der Waals surface area contributed by atoms with Crippen LogP contribution in [0, 0.1) is 0 Å². The fourth-order valence-electron chi connectivity index (χ4n) is 2.99. The topological polar surface area (TPSA) is 113 Å². The van der Waals surface area contributed by atoms with Crippen LogP contribution in [0.25, 0.3) is 0 Å². The average molecular weight is 450 g/mol. The van der Waals surface area contributed by atoms with Crippen LogP contribution in [0.1, 0.15) is 29.6 Å². The molecule has 0 unspecified atom stereocenters. The maximum atomic E-state index is 12.6. The first-order valence-electron chi connectivity index (χ1n) is 9.27. The van der Waals surface area contributed by atoms with Crippen LogP contribution in [0.3, 0.4) is 0 Å². The van der Waals surface area contributed by atoms with Crippen molar-refractivity contribution >= 4 is 45.0 Å². The lowest BCUT2D eigenvalue weighted by molar-refractivity contribution is -0.138. The van der Waals surface area contributed by atoms with Gasteiger partial charge in [0.15, 0.2) is 0 Å². The Hall–Kier alpha value is -2.91. The lowest BCUT2D eigenvalue weighted by Crippen LogP contribution is -2.33. The number of carbonyl (C=O) groups is 3. The van der Waals surface area contributed by atoms with Crippen LogP contribution in [0.5, 0.6) is 0 Å². The van der Waals surface area contributed by atoms with E-state index in [9.17, 15) is 22.8 Å². The third-order valence-corrected chi connectivity index (χ3v) is 6.17. The van der Waals surface area contributed by atoms with Gasteiger partial charge >= 0.3 is 0 Å². The summed E-state index contributed by atoms with van der Waals surface area (Å²) in [6.45, 7) is 0.469. The Morgan fingerprint density at radius 2 is 1.63 bits per heavy atom. The number of nitrogens with zero attached hydrogens (tertiary/aromatic N) is 1. The monoisotopic (exact) mass is 449 g/mol. The van der Waals surface area contributed by atoms with Gasteiger partial charge in [0.1, 0.15) is 0 Å². The summed E-state index contributed by atoms with van der Waals surface area (Å²) in [4.78, 5) is 36.9. The van der Waals surface area contributed by atoms with E-state index in [1.54, 1.807) is 12.1 Å². The largest absolute Gasteiger partial charge is 0.352 e. The molecule has 0 aliphatic carbocycles. The number of imide groups is 1. The van der Waals surface area contributed by atoms with Gasteiger partial charge in [-0.25, -0.2) is 8.42 Å². The van der Waals surface area contributed by atoms with Gasteiger partial charge in [-0.2, -0.15) is 0 Å². The standard InChI is InChI=1S/C20H20ClN3O5S/c21-14-6-8-15(9-7-14)30(28,29)23-17-5-2-1-4-16(17)20(27)22-12-3-13-24-18(25)10-11-19(24)26/h1-2,4-9,23H,3,10-13H2,(H,22,27). The molecule has 2 N–H and O–H groups in total. The van der Waals surface area contributed by atoms with Crippen LogP contribution >= 0.6 is 11.6 Å². The van der Waals surface area contributed by atoms with E-state index in [1.807, 2.05) is 0 Å². The normalized spacial score (nSPS) is 14.1. The lowest BCUT2D eigenvalue weighted by Gasteiger charge is -2.15. The number of likely N-dealkylation sites (tertiary alicyclic amines) is 1. The summed E-state index contributed by atoms with van der Waals surface area (Å²) in [6.07, 6.45) is 0.862.